The number of hydrogen-bond donors (Lipinski definition) is 0. The summed E-state index contributed by atoms with van der Waals surface area (Å²) in [6.07, 6.45) is 2.60. The molecule has 5 rings (SSSR count). The summed E-state index contributed by atoms with van der Waals surface area (Å²) in [5.41, 5.74) is 2.15. The molecule has 2 fully saturated rings. The molecule has 0 bridgehead atoms. The number of aromatic nitrogens is 1. The molecule has 0 radical (unpaired) electrons. The molecule has 2 aliphatic rings. The van der Waals surface area contributed by atoms with Crippen molar-refractivity contribution >= 4 is 45.7 Å². The second kappa shape index (κ2) is 11.9. The molecule has 4 nitrogen and oxygen atoms in total. The van der Waals surface area contributed by atoms with Gasteiger partial charge in [0.25, 0.3) is 0 Å². The third kappa shape index (κ3) is 6.15. The number of pyridine rings is 1. The third-order valence-corrected chi connectivity index (χ3v) is 9.33. The van der Waals surface area contributed by atoms with Gasteiger partial charge >= 0.3 is 0 Å². The van der Waals surface area contributed by atoms with Gasteiger partial charge in [0.2, 0.25) is 0 Å². The van der Waals surface area contributed by atoms with E-state index in [1.807, 2.05) is 37.7 Å². The summed E-state index contributed by atoms with van der Waals surface area (Å²) < 4.78 is 7.12. The molecule has 2 saturated heterocycles. The molecule has 0 N–H and O–H groups in total. The van der Waals surface area contributed by atoms with Crippen molar-refractivity contribution in [3.63, 3.8) is 0 Å². The number of benzene rings is 2. The highest BCUT2D eigenvalue weighted by Crippen LogP contribution is 2.34. The Morgan fingerprint density at radius 1 is 0.667 bits per heavy atom. The van der Waals surface area contributed by atoms with E-state index in [0.29, 0.717) is 0 Å². The molecule has 3 aromatic rings. The maximum absolute atomic E-state index is 13.7. The molecule has 1 aromatic heterocycles. The SMILES string of the molecule is CC.CC1CC(C)CN(Sc2ccc3c(c2)c(=O)c2cc(SN4CC(C)CC(C)C4)ccc2n3C)C1. The van der Waals surface area contributed by atoms with Crippen LogP contribution in [-0.2, 0) is 7.05 Å². The lowest BCUT2D eigenvalue weighted by atomic mass is 9.94. The number of fused-ring (bicyclic) bond motifs is 2. The van der Waals surface area contributed by atoms with Crippen LogP contribution >= 0.6 is 23.9 Å². The Morgan fingerprint density at radius 3 is 1.39 bits per heavy atom. The van der Waals surface area contributed by atoms with Crippen LogP contribution in [0.4, 0.5) is 0 Å². The minimum atomic E-state index is 0.147. The monoisotopic (exact) mass is 525 g/mol. The summed E-state index contributed by atoms with van der Waals surface area (Å²) in [5, 5.41) is 1.64. The van der Waals surface area contributed by atoms with Crippen molar-refractivity contribution in [1.82, 2.24) is 13.2 Å². The van der Waals surface area contributed by atoms with Crippen LogP contribution < -0.4 is 5.43 Å². The van der Waals surface area contributed by atoms with Crippen LogP contribution in [0.1, 0.15) is 54.4 Å². The standard InChI is InChI=1S/C28H37N3OS2.C2H6/c1-18-10-19(2)15-30(14-18)33-22-6-8-26-24(12-22)28(32)25-13-23(7-9-27(25)29(26)5)34-31-16-20(3)11-21(4)17-31;1-2/h6-9,12-13,18-21H,10-11,14-17H2,1-5H3;1-2H3. The normalized spacial score (nSPS) is 25.6. The van der Waals surface area contributed by atoms with E-state index in [4.69, 9.17) is 0 Å². The summed E-state index contributed by atoms with van der Waals surface area (Å²) >= 11 is 3.62. The molecule has 3 heterocycles. The van der Waals surface area contributed by atoms with E-state index in [1.165, 1.54) is 12.8 Å². The van der Waals surface area contributed by atoms with Gasteiger partial charge in [-0.3, -0.25) is 4.79 Å². The average molecular weight is 526 g/mol. The molecule has 0 aliphatic carbocycles. The number of rotatable bonds is 4. The first-order valence-corrected chi connectivity index (χ1v) is 15.2. The van der Waals surface area contributed by atoms with Gasteiger partial charge in [0.15, 0.2) is 5.43 Å². The molecule has 0 amide bonds. The van der Waals surface area contributed by atoms with Crippen LogP contribution in [0.25, 0.3) is 21.8 Å². The number of aryl methyl sites for hydroxylation is 1. The smallest absolute Gasteiger partial charge is 0.197 e. The van der Waals surface area contributed by atoms with Crippen molar-refractivity contribution in [3.05, 3.63) is 46.6 Å². The van der Waals surface area contributed by atoms with Gasteiger partial charge in [0.05, 0.1) is 11.0 Å². The van der Waals surface area contributed by atoms with E-state index in [1.54, 1.807) is 0 Å². The van der Waals surface area contributed by atoms with Gasteiger partial charge in [-0.1, -0.05) is 41.5 Å². The number of nitrogens with zero attached hydrogens (tertiary/aromatic N) is 3. The Kier molecular flexibility index (Phi) is 9.14. The van der Waals surface area contributed by atoms with Crippen molar-refractivity contribution in [1.29, 1.82) is 0 Å². The fourth-order valence-electron chi connectivity index (χ4n) is 6.03. The van der Waals surface area contributed by atoms with Gasteiger partial charge in [-0.15, -0.1) is 0 Å². The minimum absolute atomic E-state index is 0.147. The van der Waals surface area contributed by atoms with Crippen LogP contribution in [0.2, 0.25) is 0 Å². The van der Waals surface area contributed by atoms with Gasteiger partial charge in [-0.25, -0.2) is 8.61 Å². The highest BCUT2D eigenvalue weighted by molar-refractivity contribution is 7.97. The summed E-state index contributed by atoms with van der Waals surface area (Å²) in [5.74, 6) is 2.87. The highest BCUT2D eigenvalue weighted by Gasteiger charge is 2.24. The first kappa shape index (κ1) is 27.6. The van der Waals surface area contributed by atoms with E-state index in [9.17, 15) is 4.79 Å². The van der Waals surface area contributed by atoms with Crippen molar-refractivity contribution in [2.75, 3.05) is 26.2 Å². The Morgan fingerprint density at radius 2 is 1.03 bits per heavy atom. The molecule has 196 valence electrons. The van der Waals surface area contributed by atoms with Gasteiger partial charge < -0.3 is 4.57 Å². The summed E-state index contributed by atoms with van der Waals surface area (Å²) in [4.78, 5) is 16.0. The fourth-order valence-corrected chi connectivity index (χ4v) is 8.54. The molecule has 4 unspecified atom stereocenters. The molecular weight excluding hydrogens is 482 g/mol. The number of piperidine rings is 2. The van der Waals surface area contributed by atoms with Gasteiger partial charge in [-0.2, -0.15) is 0 Å². The lowest BCUT2D eigenvalue weighted by Crippen LogP contribution is -2.33. The zero-order chi connectivity index (χ0) is 26.0. The lowest BCUT2D eigenvalue weighted by Gasteiger charge is -2.34. The van der Waals surface area contributed by atoms with Crippen molar-refractivity contribution in [2.45, 2.75) is 64.2 Å². The summed E-state index contributed by atoms with van der Waals surface area (Å²) in [7, 11) is 2.08. The number of hydrogen-bond acceptors (Lipinski definition) is 5. The van der Waals surface area contributed by atoms with E-state index in [-0.39, 0.29) is 5.43 Å². The summed E-state index contributed by atoms with van der Waals surface area (Å²) in [6.45, 7) is 17.8. The molecular formula is C30H43N3OS2. The van der Waals surface area contributed by atoms with Crippen LogP contribution in [0.3, 0.4) is 0 Å². The Labute approximate surface area is 226 Å². The largest absolute Gasteiger partial charge is 0.343 e. The van der Waals surface area contributed by atoms with Gasteiger partial charge in [0, 0.05) is 53.8 Å². The fraction of sp³-hybridized carbons (Fsp3) is 0.567. The van der Waals surface area contributed by atoms with Crippen molar-refractivity contribution < 1.29 is 0 Å². The van der Waals surface area contributed by atoms with E-state index < -0.39 is 0 Å². The van der Waals surface area contributed by atoms with E-state index >= 15 is 0 Å². The zero-order valence-electron chi connectivity index (χ0n) is 23.1. The van der Waals surface area contributed by atoms with Crippen LogP contribution in [-0.4, -0.2) is 39.4 Å². The topological polar surface area (TPSA) is 28.5 Å². The molecule has 2 aliphatic heterocycles. The molecule has 36 heavy (non-hydrogen) atoms. The molecule has 0 spiro atoms. The predicted molar refractivity (Wildman–Crippen MR) is 159 cm³/mol. The van der Waals surface area contributed by atoms with Crippen molar-refractivity contribution in [2.24, 2.45) is 30.7 Å². The quantitative estimate of drug-likeness (QED) is 0.257. The average Bonchev–Trinajstić information content (AvgIpc) is 2.82. The van der Waals surface area contributed by atoms with E-state index in [0.717, 1.165) is 81.4 Å². The maximum Gasteiger partial charge on any atom is 0.197 e. The molecule has 2 aromatic carbocycles. The Bertz CT molecular complexity index is 1140. The first-order chi connectivity index (χ1) is 17.3. The molecule has 0 saturated carbocycles. The lowest BCUT2D eigenvalue weighted by molar-refractivity contribution is 0.237. The molecule has 6 heteroatoms. The predicted octanol–water partition coefficient (Wildman–Crippen LogP) is 7.69. The van der Waals surface area contributed by atoms with Gasteiger partial charge in [0.1, 0.15) is 0 Å². The van der Waals surface area contributed by atoms with Gasteiger partial charge in [-0.05, 0) is 96.8 Å². The highest BCUT2D eigenvalue weighted by atomic mass is 32.2. The molecule has 4 atom stereocenters. The Hall–Kier alpha value is -1.47. The third-order valence-electron chi connectivity index (χ3n) is 7.29. The second-order valence-corrected chi connectivity index (χ2v) is 13.4. The minimum Gasteiger partial charge on any atom is -0.343 e. The van der Waals surface area contributed by atoms with Crippen molar-refractivity contribution in [3.8, 4) is 0 Å². The van der Waals surface area contributed by atoms with Crippen LogP contribution in [0.5, 0.6) is 0 Å². The maximum atomic E-state index is 13.7. The first-order valence-electron chi connectivity index (χ1n) is 13.7. The zero-order valence-corrected chi connectivity index (χ0v) is 24.7. The Balaban J connectivity index is 0.00000148. The van der Waals surface area contributed by atoms with Crippen LogP contribution in [0, 0.1) is 23.7 Å². The summed E-state index contributed by atoms with van der Waals surface area (Å²) in [6, 6.07) is 12.8. The van der Waals surface area contributed by atoms with E-state index in [2.05, 4.69) is 84.3 Å². The second-order valence-electron chi connectivity index (χ2n) is 11.0. The van der Waals surface area contributed by atoms with Crippen LogP contribution in [0.15, 0.2) is 51.0 Å².